The Balaban J connectivity index is 1.80. The number of guanidine groups is 1. The minimum absolute atomic E-state index is 0.0789. The van der Waals surface area contributed by atoms with E-state index < -0.39 is 0 Å². The second-order valence-electron chi connectivity index (χ2n) is 5.61. The molecule has 0 aliphatic heterocycles. The van der Waals surface area contributed by atoms with Crippen LogP contribution < -0.4 is 16.0 Å². The average molecular weight is 359 g/mol. The Morgan fingerprint density at radius 2 is 1.84 bits per heavy atom. The number of benzene rings is 2. The minimum atomic E-state index is -0.0789. The van der Waals surface area contributed by atoms with Gasteiger partial charge in [0.25, 0.3) is 0 Å². The lowest BCUT2D eigenvalue weighted by molar-refractivity contribution is -0.114. The van der Waals surface area contributed by atoms with Crippen LogP contribution in [0.4, 0.5) is 5.69 Å². The first-order valence-corrected chi connectivity index (χ1v) is 8.50. The van der Waals surface area contributed by atoms with Gasteiger partial charge < -0.3 is 16.0 Å². The van der Waals surface area contributed by atoms with Crippen molar-refractivity contribution < 1.29 is 4.79 Å². The average Bonchev–Trinajstić information content (AvgIpc) is 2.59. The summed E-state index contributed by atoms with van der Waals surface area (Å²) in [5.41, 5.74) is 3.07. The molecule has 1 amide bonds. The van der Waals surface area contributed by atoms with Crippen LogP contribution in [0.3, 0.4) is 0 Å². The molecule has 0 saturated heterocycles. The van der Waals surface area contributed by atoms with Crippen LogP contribution in [0.15, 0.2) is 53.5 Å². The number of aliphatic imine (C=N–C) groups is 1. The van der Waals surface area contributed by atoms with Crippen molar-refractivity contribution >= 4 is 29.2 Å². The fourth-order valence-corrected chi connectivity index (χ4v) is 2.47. The Morgan fingerprint density at radius 3 is 2.52 bits per heavy atom. The van der Waals surface area contributed by atoms with Crippen molar-refractivity contribution in [1.82, 2.24) is 10.6 Å². The molecule has 2 aromatic carbocycles. The summed E-state index contributed by atoms with van der Waals surface area (Å²) in [7, 11) is 1.74. The van der Waals surface area contributed by atoms with Crippen LogP contribution in [0.2, 0.25) is 5.02 Å². The van der Waals surface area contributed by atoms with E-state index in [9.17, 15) is 4.79 Å². The molecule has 5 nitrogen and oxygen atoms in total. The Morgan fingerprint density at radius 1 is 1.08 bits per heavy atom. The normalized spacial score (nSPS) is 11.1. The molecule has 3 N–H and O–H groups in total. The summed E-state index contributed by atoms with van der Waals surface area (Å²) < 4.78 is 0. The summed E-state index contributed by atoms with van der Waals surface area (Å²) in [6, 6.07) is 15.6. The zero-order valence-corrected chi connectivity index (χ0v) is 15.2. The first-order chi connectivity index (χ1) is 12.1. The molecule has 132 valence electrons. The third-order valence-corrected chi connectivity index (χ3v) is 3.80. The van der Waals surface area contributed by atoms with E-state index in [0.29, 0.717) is 6.54 Å². The maximum atomic E-state index is 11.1. The van der Waals surface area contributed by atoms with Crippen molar-refractivity contribution in [3.05, 3.63) is 64.7 Å². The summed E-state index contributed by atoms with van der Waals surface area (Å²) in [6.07, 6.45) is 0.885. The summed E-state index contributed by atoms with van der Waals surface area (Å²) >= 11 is 5.89. The molecule has 6 heteroatoms. The standard InChI is InChI=1S/C19H23ClN4O/c1-14(25)24-18-5-3-4-16(12-18)13-23-19(21-2)22-11-10-15-6-8-17(20)9-7-15/h3-9,12H,10-11,13H2,1-2H3,(H,24,25)(H2,21,22,23). The van der Waals surface area contributed by atoms with Crippen LogP contribution in [0.5, 0.6) is 0 Å². The molecule has 0 atom stereocenters. The second-order valence-corrected chi connectivity index (χ2v) is 6.05. The molecule has 2 aromatic rings. The van der Waals surface area contributed by atoms with Crippen LogP contribution in [0.1, 0.15) is 18.1 Å². The lowest BCUT2D eigenvalue weighted by Crippen LogP contribution is -2.37. The van der Waals surface area contributed by atoms with Gasteiger partial charge in [-0.05, 0) is 41.8 Å². The van der Waals surface area contributed by atoms with Crippen molar-refractivity contribution in [2.45, 2.75) is 19.9 Å². The van der Waals surface area contributed by atoms with Crippen LogP contribution in [0, 0.1) is 0 Å². The Bertz CT molecular complexity index is 728. The number of carbonyl (C=O) groups excluding carboxylic acids is 1. The third kappa shape index (κ3) is 6.85. The molecular weight excluding hydrogens is 336 g/mol. The summed E-state index contributed by atoms with van der Waals surface area (Å²) in [5.74, 6) is 0.656. The van der Waals surface area contributed by atoms with Gasteiger partial charge in [-0.25, -0.2) is 0 Å². The topological polar surface area (TPSA) is 65.5 Å². The predicted molar refractivity (Wildman–Crippen MR) is 104 cm³/mol. The third-order valence-electron chi connectivity index (χ3n) is 3.55. The van der Waals surface area contributed by atoms with Gasteiger partial charge in [0, 0.05) is 37.8 Å². The van der Waals surface area contributed by atoms with Gasteiger partial charge in [-0.15, -0.1) is 0 Å². The van der Waals surface area contributed by atoms with Crippen LogP contribution in [-0.4, -0.2) is 25.5 Å². The van der Waals surface area contributed by atoms with E-state index in [0.717, 1.165) is 35.2 Å². The van der Waals surface area contributed by atoms with Crippen LogP contribution in [0.25, 0.3) is 0 Å². The Kier molecular flexibility index (Phi) is 7.29. The van der Waals surface area contributed by atoms with E-state index in [4.69, 9.17) is 11.6 Å². The zero-order valence-electron chi connectivity index (χ0n) is 14.5. The van der Waals surface area contributed by atoms with Crippen molar-refractivity contribution in [2.75, 3.05) is 18.9 Å². The van der Waals surface area contributed by atoms with Crippen LogP contribution >= 0.6 is 11.6 Å². The fraction of sp³-hybridized carbons (Fsp3) is 0.263. The van der Waals surface area contributed by atoms with Gasteiger partial charge in [-0.3, -0.25) is 9.79 Å². The number of nitrogens with zero attached hydrogens (tertiary/aromatic N) is 1. The smallest absolute Gasteiger partial charge is 0.221 e. The molecule has 0 saturated carbocycles. The first kappa shape index (κ1) is 18.8. The van der Waals surface area contributed by atoms with Gasteiger partial charge in [0.15, 0.2) is 5.96 Å². The molecule has 25 heavy (non-hydrogen) atoms. The summed E-state index contributed by atoms with van der Waals surface area (Å²) in [5, 5.41) is 10.1. The minimum Gasteiger partial charge on any atom is -0.356 e. The lowest BCUT2D eigenvalue weighted by Gasteiger charge is -2.12. The van der Waals surface area contributed by atoms with Gasteiger partial charge in [-0.2, -0.15) is 0 Å². The van der Waals surface area contributed by atoms with E-state index in [1.807, 2.05) is 48.5 Å². The maximum absolute atomic E-state index is 11.1. The van der Waals surface area contributed by atoms with Gasteiger partial charge >= 0.3 is 0 Å². The molecule has 2 rings (SSSR count). The van der Waals surface area contributed by atoms with E-state index in [1.165, 1.54) is 12.5 Å². The predicted octanol–water partition coefficient (Wildman–Crippen LogP) is 3.21. The molecule has 0 aromatic heterocycles. The van der Waals surface area contributed by atoms with E-state index in [-0.39, 0.29) is 5.91 Å². The summed E-state index contributed by atoms with van der Waals surface area (Å²) in [4.78, 5) is 15.4. The highest BCUT2D eigenvalue weighted by Gasteiger charge is 2.01. The molecular formula is C19H23ClN4O. The number of nitrogens with one attached hydrogen (secondary N) is 3. The molecule has 0 aliphatic carbocycles. The number of hydrogen-bond acceptors (Lipinski definition) is 2. The van der Waals surface area contributed by atoms with Gasteiger partial charge in [-0.1, -0.05) is 35.9 Å². The van der Waals surface area contributed by atoms with Crippen molar-refractivity contribution in [3.8, 4) is 0 Å². The number of halogens is 1. The highest BCUT2D eigenvalue weighted by atomic mass is 35.5. The number of rotatable bonds is 6. The van der Waals surface area contributed by atoms with Crippen molar-refractivity contribution in [3.63, 3.8) is 0 Å². The zero-order chi connectivity index (χ0) is 18.1. The van der Waals surface area contributed by atoms with E-state index >= 15 is 0 Å². The quantitative estimate of drug-likeness (QED) is 0.548. The van der Waals surface area contributed by atoms with Crippen molar-refractivity contribution in [1.29, 1.82) is 0 Å². The molecule has 0 radical (unpaired) electrons. The fourth-order valence-electron chi connectivity index (χ4n) is 2.35. The van der Waals surface area contributed by atoms with E-state index in [1.54, 1.807) is 7.05 Å². The molecule has 0 heterocycles. The number of amides is 1. The Hall–Kier alpha value is -2.53. The Labute approximate surface area is 153 Å². The number of hydrogen-bond donors (Lipinski definition) is 3. The number of carbonyl (C=O) groups is 1. The molecule has 0 aliphatic rings. The van der Waals surface area contributed by atoms with Gasteiger partial charge in [0.05, 0.1) is 0 Å². The highest BCUT2D eigenvalue weighted by molar-refractivity contribution is 6.30. The largest absolute Gasteiger partial charge is 0.356 e. The summed E-state index contributed by atoms with van der Waals surface area (Å²) in [6.45, 7) is 2.89. The van der Waals surface area contributed by atoms with Crippen molar-refractivity contribution in [2.24, 2.45) is 4.99 Å². The van der Waals surface area contributed by atoms with Gasteiger partial charge in [0.2, 0.25) is 5.91 Å². The van der Waals surface area contributed by atoms with Gasteiger partial charge in [0.1, 0.15) is 0 Å². The SMILES string of the molecule is CN=C(NCCc1ccc(Cl)cc1)NCc1cccc(NC(C)=O)c1. The molecule has 0 unspecified atom stereocenters. The molecule has 0 spiro atoms. The monoisotopic (exact) mass is 358 g/mol. The molecule has 0 fully saturated rings. The van der Waals surface area contributed by atoms with Crippen LogP contribution in [-0.2, 0) is 17.8 Å². The molecule has 0 bridgehead atoms. The second kappa shape index (κ2) is 9.69. The van der Waals surface area contributed by atoms with E-state index in [2.05, 4.69) is 20.9 Å². The maximum Gasteiger partial charge on any atom is 0.221 e. The number of anilines is 1. The first-order valence-electron chi connectivity index (χ1n) is 8.12. The lowest BCUT2D eigenvalue weighted by atomic mass is 10.1. The highest BCUT2D eigenvalue weighted by Crippen LogP contribution is 2.11.